The maximum Gasteiger partial charge on any atom is 0.341 e. The third-order valence-corrected chi connectivity index (χ3v) is 6.02. The van der Waals surface area contributed by atoms with E-state index in [1.54, 1.807) is 24.3 Å². The van der Waals surface area contributed by atoms with Crippen LogP contribution in [0.2, 0.25) is 5.02 Å². The third kappa shape index (κ3) is 3.75. The van der Waals surface area contributed by atoms with Crippen LogP contribution in [-0.4, -0.2) is 47.8 Å². The highest BCUT2D eigenvalue weighted by molar-refractivity contribution is 7.89. The second kappa shape index (κ2) is 7.66. The van der Waals surface area contributed by atoms with Gasteiger partial charge < -0.3 is 4.74 Å². The molecule has 0 saturated carbocycles. The minimum Gasteiger partial charge on any atom is -0.438 e. The zero-order valence-electron chi connectivity index (χ0n) is 14.9. The lowest BCUT2D eigenvalue weighted by Gasteiger charge is -2.13. The Morgan fingerprint density at radius 3 is 2.64 bits per heavy atom. The molecule has 11 heteroatoms. The summed E-state index contributed by atoms with van der Waals surface area (Å²) in [5, 5.41) is 7.94. The van der Waals surface area contributed by atoms with E-state index in [4.69, 9.17) is 16.3 Å². The molecule has 0 saturated heterocycles. The number of rotatable bonds is 5. The highest BCUT2D eigenvalue weighted by Gasteiger charge is 2.21. The van der Waals surface area contributed by atoms with Gasteiger partial charge in [-0.3, -0.25) is 4.79 Å². The van der Waals surface area contributed by atoms with Crippen LogP contribution in [-0.2, 0) is 21.5 Å². The molecule has 3 rings (SSSR count). The Balaban J connectivity index is 1.86. The summed E-state index contributed by atoms with van der Waals surface area (Å²) >= 11 is 6.01. The van der Waals surface area contributed by atoms with Gasteiger partial charge >= 0.3 is 5.97 Å². The molecule has 0 fully saturated rings. The Morgan fingerprint density at radius 1 is 1.21 bits per heavy atom. The van der Waals surface area contributed by atoms with E-state index >= 15 is 0 Å². The van der Waals surface area contributed by atoms with Crippen molar-refractivity contribution in [2.75, 3.05) is 14.1 Å². The number of esters is 1. The largest absolute Gasteiger partial charge is 0.438 e. The fraction of sp³-hybridized carbons (Fsp3) is 0.176. The summed E-state index contributed by atoms with van der Waals surface area (Å²) in [6.07, 6.45) is 0. The van der Waals surface area contributed by atoms with Crippen molar-refractivity contribution in [1.29, 1.82) is 0 Å². The van der Waals surface area contributed by atoms with Gasteiger partial charge in [-0.2, -0.15) is 4.68 Å². The Morgan fingerprint density at radius 2 is 1.93 bits per heavy atom. The van der Waals surface area contributed by atoms with Crippen LogP contribution in [0.4, 0.5) is 0 Å². The van der Waals surface area contributed by atoms with Crippen LogP contribution in [0.15, 0.2) is 52.2 Å². The Hall–Kier alpha value is -2.82. The third-order valence-electron chi connectivity index (χ3n) is 3.88. The minimum absolute atomic E-state index is 0.0136. The average Bonchev–Trinajstić information content (AvgIpc) is 2.67. The molecule has 0 bridgehead atoms. The van der Waals surface area contributed by atoms with E-state index in [9.17, 15) is 18.0 Å². The summed E-state index contributed by atoms with van der Waals surface area (Å²) in [4.78, 5) is 24.6. The van der Waals surface area contributed by atoms with Gasteiger partial charge in [0, 0.05) is 14.1 Å². The van der Waals surface area contributed by atoms with Crippen molar-refractivity contribution in [1.82, 2.24) is 19.3 Å². The van der Waals surface area contributed by atoms with E-state index in [-0.39, 0.29) is 15.5 Å². The van der Waals surface area contributed by atoms with Gasteiger partial charge in [0.25, 0.3) is 5.56 Å². The second-order valence-corrected chi connectivity index (χ2v) is 8.46. The molecule has 0 amide bonds. The van der Waals surface area contributed by atoms with Gasteiger partial charge in [-0.1, -0.05) is 28.9 Å². The van der Waals surface area contributed by atoms with Crippen LogP contribution < -0.4 is 5.56 Å². The average molecular weight is 423 g/mol. The summed E-state index contributed by atoms with van der Waals surface area (Å²) in [7, 11) is -1.02. The molecule has 28 heavy (non-hydrogen) atoms. The molecule has 0 atom stereocenters. The van der Waals surface area contributed by atoms with Crippen LogP contribution in [0.5, 0.6) is 0 Å². The molecule has 0 unspecified atom stereocenters. The lowest BCUT2D eigenvalue weighted by atomic mass is 10.2. The summed E-state index contributed by atoms with van der Waals surface area (Å²) in [5.74, 6) is -0.900. The van der Waals surface area contributed by atoms with E-state index in [0.29, 0.717) is 10.9 Å². The molecule has 0 radical (unpaired) electrons. The predicted octanol–water partition coefficient (Wildman–Crippen LogP) is 1.51. The first-order valence-electron chi connectivity index (χ1n) is 7.93. The van der Waals surface area contributed by atoms with Gasteiger partial charge in [0.15, 0.2) is 6.73 Å². The number of aromatic nitrogens is 3. The number of sulfonamides is 1. The molecular formula is C17H15ClN4O5S. The van der Waals surface area contributed by atoms with E-state index in [1.165, 1.54) is 26.2 Å². The van der Waals surface area contributed by atoms with Crippen LogP contribution in [0, 0.1) is 0 Å². The van der Waals surface area contributed by atoms with E-state index in [2.05, 4.69) is 10.3 Å². The second-order valence-electron chi connectivity index (χ2n) is 5.90. The number of hydrogen-bond acceptors (Lipinski definition) is 7. The van der Waals surface area contributed by atoms with Crippen LogP contribution in [0.1, 0.15) is 10.4 Å². The SMILES string of the molecule is CN(C)S(=O)(=O)c1ccc(Cl)c(C(=O)OCn2nnc3ccccc3c2=O)c1. The predicted molar refractivity (Wildman–Crippen MR) is 102 cm³/mol. The number of carbonyl (C=O) groups excluding carboxylic acids is 1. The molecule has 146 valence electrons. The molecule has 0 aliphatic rings. The molecule has 0 aliphatic carbocycles. The van der Waals surface area contributed by atoms with Crippen molar-refractivity contribution in [3.63, 3.8) is 0 Å². The smallest absolute Gasteiger partial charge is 0.341 e. The number of nitrogens with zero attached hydrogens (tertiary/aromatic N) is 4. The van der Waals surface area contributed by atoms with Crippen LogP contribution in [0.25, 0.3) is 10.9 Å². The van der Waals surface area contributed by atoms with Gasteiger partial charge in [-0.25, -0.2) is 17.5 Å². The molecular weight excluding hydrogens is 408 g/mol. The molecule has 0 aliphatic heterocycles. The lowest BCUT2D eigenvalue weighted by molar-refractivity contribution is 0.0336. The monoisotopic (exact) mass is 422 g/mol. The normalized spacial score (nSPS) is 11.7. The summed E-state index contributed by atoms with van der Waals surface area (Å²) < 4.78 is 31.4. The van der Waals surface area contributed by atoms with Crippen molar-refractivity contribution in [3.8, 4) is 0 Å². The van der Waals surface area contributed by atoms with Crippen molar-refractivity contribution in [2.24, 2.45) is 0 Å². The van der Waals surface area contributed by atoms with E-state index in [1.807, 2.05) is 0 Å². The standard InChI is InChI=1S/C17H15ClN4O5S/c1-21(2)28(25,26)11-7-8-14(18)13(9-11)17(24)27-10-22-16(23)12-5-3-4-6-15(12)19-20-22/h3-9H,10H2,1-2H3. The zero-order valence-corrected chi connectivity index (χ0v) is 16.4. The Bertz CT molecular complexity index is 1220. The first-order valence-corrected chi connectivity index (χ1v) is 9.75. The molecule has 1 aromatic heterocycles. The van der Waals surface area contributed by atoms with Crippen molar-refractivity contribution in [2.45, 2.75) is 11.6 Å². The van der Waals surface area contributed by atoms with Crippen molar-refractivity contribution >= 4 is 38.5 Å². The lowest BCUT2D eigenvalue weighted by Crippen LogP contribution is -2.26. The highest BCUT2D eigenvalue weighted by atomic mass is 35.5. The van der Waals surface area contributed by atoms with Crippen molar-refractivity contribution in [3.05, 3.63) is 63.4 Å². The maximum absolute atomic E-state index is 12.4. The fourth-order valence-corrected chi connectivity index (χ4v) is 3.46. The van der Waals surface area contributed by atoms with Gasteiger partial charge in [0.05, 0.1) is 20.9 Å². The molecule has 2 aromatic carbocycles. The van der Waals surface area contributed by atoms with Crippen LogP contribution in [0.3, 0.4) is 0 Å². The van der Waals surface area contributed by atoms with Gasteiger partial charge in [0.1, 0.15) is 5.52 Å². The quantitative estimate of drug-likeness (QED) is 0.573. The van der Waals surface area contributed by atoms with Crippen LogP contribution >= 0.6 is 11.6 Å². The number of halogens is 1. The van der Waals surface area contributed by atoms with Gasteiger partial charge in [-0.05, 0) is 30.3 Å². The number of benzene rings is 2. The van der Waals surface area contributed by atoms with Crippen molar-refractivity contribution < 1.29 is 17.9 Å². The number of hydrogen-bond donors (Lipinski definition) is 0. The first kappa shape index (κ1) is 19.9. The zero-order chi connectivity index (χ0) is 20.5. The summed E-state index contributed by atoms with van der Waals surface area (Å²) in [6, 6.07) is 10.3. The molecule has 0 spiro atoms. The maximum atomic E-state index is 12.4. The Labute approximate surface area is 165 Å². The minimum atomic E-state index is -3.76. The molecule has 0 N–H and O–H groups in total. The Kier molecular flexibility index (Phi) is 5.45. The number of fused-ring (bicyclic) bond motifs is 1. The number of ether oxygens (including phenoxy) is 1. The summed E-state index contributed by atoms with van der Waals surface area (Å²) in [5.41, 5.74) is -0.209. The highest BCUT2D eigenvalue weighted by Crippen LogP contribution is 2.23. The molecule has 3 aromatic rings. The van der Waals surface area contributed by atoms with E-state index < -0.39 is 28.3 Å². The number of carbonyl (C=O) groups is 1. The summed E-state index contributed by atoms with van der Waals surface area (Å²) in [6.45, 7) is -0.503. The molecule has 1 heterocycles. The molecule has 9 nitrogen and oxygen atoms in total. The van der Waals surface area contributed by atoms with Gasteiger partial charge in [0.2, 0.25) is 10.0 Å². The van der Waals surface area contributed by atoms with Gasteiger partial charge in [-0.15, -0.1) is 5.10 Å². The fourth-order valence-electron chi connectivity index (χ4n) is 2.34. The van der Waals surface area contributed by atoms with E-state index in [0.717, 1.165) is 15.1 Å². The topological polar surface area (TPSA) is 111 Å². The first-order chi connectivity index (χ1) is 13.2.